The summed E-state index contributed by atoms with van der Waals surface area (Å²) in [5.41, 5.74) is 5.45. The van der Waals surface area contributed by atoms with E-state index in [2.05, 4.69) is 11.0 Å². The van der Waals surface area contributed by atoms with Crippen molar-refractivity contribution < 1.29 is 9.21 Å². The van der Waals surface area contributed by atoms with Gasteiger partial charge in [0, 0.05) is 39.1 Å². The predicted molar refractivity (Wildman–Crippen MR) is 83.7 cm³/mol. The molecule has 0 spiro atoms. The summed E-state index contributed by atoms with van der Waals surface area (Å²) in [7, 11) is 0. The molecule has 1 aliphatic heterocycles. The summed E-state index contributed by atoms with van der Waals surface area (Å²) in [6.45, 7) is 4.02. The second kappa shape index (κ2) is 9.64. The van der Waals surface area contributed by atoms with Crippen LogP contribution in [0, 0.1) is 11.3 Å². The molecule has 8 heteroatoms. The molecule has 118 valence electrons. The van der Waals surface area contributed by atoms with Gasteiger partial charge in [-0.2, -0.15) is 5.26 Å². The molecule has 0 aliphatic carbocycles. The quantitative estimate of drug-likeness (QED) is 0.895. The summed E-state index contributed by atoms with van der Waals surface area (Å²) in [5.74, 6) is 0.890. The number of piperazine rings is 1. The third kappa shape index (κ3) is 5.21. The van der Waals surface area contributed by atoms with Gasteiger partial charge >= 0.3 is 0 Å². The van der Waals surface area contributed by atoms with Crippen LogP contribution < -0.4 is 5.73 Å². The van der Waals surface area contributed by atoms with Crippen molar-refractivity contribution in [2.45, 2.75) is 13.0 Å². The number of nitrogens with zero attached hydrogens (tertiary/aromatic N) is 3. The largest absolute Gasteiger partial charge is 0.455 e. The molecule has 0 bridgehead atoms. The van der Waals surface area contributed by atoms with Gasteiger partial charge in [-0.3, -0.25) is 9.69 Å². The van der Waals surface area contributed by atoms with Crippen LogP contribution in [-0.2, 0) is 6.54 Å². The van der Waals surface area contributed by atoms with E-state index in [0.717, 1.165) is 19.6 Å². The van der Waals surface area contributed by atoms with Crippen LogP contribution in [0.2, 0.25) is 0 Å². The highest BCUT2D eigenvalue weighted by atomic mass is 35.5. The van der Waals surface area contributed by atoms with E-state index in [-0.39, 0.29) is 30.7 Å². The highest BCUT2D eigenvalue weighted by molar-refractivity contribution is 5.91. The zero-order valence-electron chi connectivity index (χ0n) is 11.7. The molecule has 0 saturated carbocycles. The second-order valence-corrected chi connectivity index (χ2v) is 4.51. The molecule has 6 nitrogen and oxygen atoms in total. The van der Waals surface area contributed by atoms with Crippen molar-refractivity contribution in [1.82, 2.24) is 9.80 Å². The first-order valence-corrected chi connectivity index (χ1v) is 6.42. The van der Waals surface area contributed by atoms with Crippen LogP contribution in [0.1, 0.15) is 22.7 Å². The maximum Gasteiger partial charge on any atom is 0.289 e. The molecule has 1 saturated heterocycles. The number of hydrogen-bond donors (Lipinski definition) is 1. The SMILES string of the molecule is Cl.Cl.N#CCCN1CCN(C(=O)c2ccc(CN)o2)CC1. The van der Waals surface area contributed by atoms with Gasteiger partial charge in [0.05, 0.1) is 12.6 Å². The van der Waals surface area contributed by atoms with Crippen LogP contribution in [0.25, 0.3) is 0 Å². The van der Waals surface area contributed by atoms with Gasteiger partial charge in [-0.1, -0.05) is 0 Å². The van der Waals surface area contributed by atoms with Gasteiger partial charge in [-0.05, 0) is 12.1 Å². The monoisotopic (exact) mass is 334 g/mol. The molecular formula is C13H20Cl2N4O2. The van der Waals surface area contributed by atoms with Crippen molar-refractivity contribution in [1.29, 1.82) is 5.26 Å². The Morgan fingerprint density at radius 1 is 1.29 bits per heavy atom. The van der Waals surface area contributed by atoms with Crippen molar-refractivity contribution in [2.75, 3.05) is 32.7 Å². The van der Waals surface area contributed by atoms with Gasteiger partial charge in [-0.15, -0.1) is 24.8 Å². The lowest BCUT2D eigenvalue weighted by Gasteiger charge is -2.33. The van der Waals surface area contributed by atoms with E-state index in [1.54, 1.807) is 17.0 Å². The van der Waals surface area contributed by atoms with Gasteiger partial charge in [-0.25, -0.2) is 0 Å². The zero-order valence-corrected chi connectivity index (χ0v) is 13.3. The maximum atomic E-state index is 12.2. The first kappa shape index (κ1) is 19.7. The van der Waals surface area contributed by atoms with Crippen LogP contribution >= 0.6 is 24.8 Å². The van der Waals surface area contributed by atoms with Crippen molar-refractivity contribution in [3.8, 4) is 6.07 Å². The van der Waals surface area contributed by atoms with Crippen LogP contribution in [0.15, 0.2) is 16.5 Å². The summed E-state index contributed by atoms with van der Waals surface area (Å²) in [5, 5.41) is 8.55. The lowest BCUT2D eigenvalue weighted by atomic mass is 10.2. The molecule has 1 aliphatic rings. The number of nitriles is 1. The van der Waals surface area contributed by atoms with Crippen molar-refractivity contribution in [2.24, 2.45) is 5.73 Å². The standard InChI is InChI=1S/C13H18N4O2.2ClH/c14-4-1-5-16-6-8-17(9-7-16)13(18)12-3-2-11(10-15)19-12;;/h2-3H,1,5-10,15H2;2*1H. The highest BCUT2D eigenvalue weighted by Gasteiger charge is 2.23. The Morgan fingerprint density at radius 2 is 1.95 bits per heavy atom. The van der Waals surface area contributed by atoms with Gasteiger partial charge in [0.2, 0.25) is 0 Å². The van der Waals surface area contributed by atoms with Crippen molar-refractivity contribution >= 4 is 30.7 Å². The fourth-order valence-electron chi connectivity index (χ4n) is 2.14. The predicted octanol–water partition coefficient (Wildman–Crippen LogP) is 1.25. The molecule has 0 aromatic carbocycles. The lowest BCUT2D eigenvalue weighted by molar-refractivity contribution is 0.0607. The van der Waals surface area contributed by atoms with Crippen LogP contribution in [0.3, 0.4) is 0 Å². The number of carbonyl (C=O) groups is 1. The van der Waals surface area contributed by atoms with E-state index in [1.165, 1.54) is 0 Å². The number of carbonyl (C=O) groups excluding carboxylic acids is 1. The lowest BCUT2D eigenvalue weighted by Crippen LogP contribution is -2.48. The second-order valence-electron chi connectivity index (χ2n) is 4.51. The van der Waals surface area contributed by atoms with E-state index in [9.17, 15) is 4.79 Å². The Hall–Kier alpha value is -1.26. The fraction of sp³-hybridized carbons (Fsp3) is 0.538. The molecule has 2 rings (SSSR count). The summed E-state index contributed by atoms with van der Waals surface area (Å²) >= 11 is 0. The Labute approximate surface area is 136 Å². The average molecular weight is 335 g/mol. The molecule has 0 atom stereocenters. The minimum Gasteiger partial charge on any atom is -0.455 e. The van der Waals surface area contributed by atoms with Crippen LogP contribution in [0.4, 0.5) is 0 Å². The molecule has 1 aromatic rings. The van der Waals surface area contributed by atoms with E-state index in [0.29, 0.717) is 37.6 Å². The Morgan fingerprint density at radius 3 is 2.48 bits per heavy atom. The highest BCUT2D eigenvalue weighted by Crippen LogP contribution is 2.12. The normalized spacial score (nSPS) is 14.8. The van der Waals surface area contributed by atoms with Gasteiger partial charge in [0.1, 0.15) is 5.76 Å². The number of furan rings is 1. The number of amides is 1. The van der Waals surface area contributed by atoms with E-state index >= 15 is 0 Å². The number of nitrogens with two attached hydrogens (primary N) is 1. The molecule has 2 N–H and O–H groups in total. The van der Waals surface area contributed by atoms with E-state index in [1.807, 2.05) is 0 Å². The van der Waals surface area contributed by atoms with Crippen LogP contribution in [-0.4, -0.2) is 48.4 Å². The average Bonchev–Trinajstić information content (AvgIpc) is 2.94. The Kier molecular flexibility index (Phi) is 9.06. The molecule has 0 radical (unpaired) electrons. The first-order chi connectivity index (χ1) is 9.24. The zero-order chi connectivity index (χ0) is 13.7. The minimum absolute atomic E-state index is 0. The number of halogens is 2. The molecule has 1 fully saturated rings. The summed E-state index contributed by atoms with van der Waals surface area (Å²) in [6, 6.07) is 5.54. The summed E-state index contributed by atoms with van der Waals surface area (Å²) < 4.78 is 5.37. The molecule has 21 heavy (non-hydrogen) atoms. The third-order valence-corrected chi connectivity index (χ3v) is 3.27. The number of hydrogen-bond acceptors (Lipinski definition) is 5. The summed E-state index contributed by atoms with van der Waals surface area (Å²) in [4.78, 5) is 16.1. The van der Waals surface area contributed by atoms with E-state index in [4.69, 9.17) is 15.4 Å². The number of rotatable bonds is 4. The van der Waals surface area contributed by atoms with Gasteiger partial charge < -0.3 is 15.1 Å². The first-order valence-electron chi connectivity index (χ1n) is 6.42. The summed E-state index contributed by atoms with van der Waals surface area (Å²) in [6.07, 6.45) is 0.534. The molecule has 1 aromatic heterocycles. The smallest absolute Gasteiger partial charge is 0.289 e. The molecule has 2 heterocycles. The fourth-order valence-corrected chi connectivity index (χ4v) is 2.14. The van der Waals surface area contributed by atoms with E-state index < -0.39 is 0 Å². The van der Waals surface area contributed by atoms with Gasteiger partial charge in [0.15, 0.2) is 5.76 Å². The van der Waals surface area contributed by atoms with Crippen molar-refractivity contribution in [3.63, 3.8) is 0 Å². The minimum atomic E-state index is -0.0837. The Balaban J connectivity index is 0.00000200. The maximum absolute atomic E-state index is 12.2. The van der Waals surface area contributed by atoms with Crippen molar-refractivity contribution in [3.05, 3.63) is 23.7 Å². The molecule has 0 unspecified atom stereocenters. The molecular weight excluding hydrogens is 315 g/mol. The van der Waals surface area contributed by atoms with Gasteiger partial charge in [0.25, 0.3) is 5.91 Å². The topological polar surface area (TPSA) is 86.5 Å². The third-order valence-electron chi connectivity index (χ3n) is 3.27. The van der Waals surface area contributed by atoms with Crippen LogP contribution in [0.5, 0.6) is 0 Å². The molecule has 1 amide bonds. The Bertz CT molecular complexity index is 479.